The first-order chi connectivity index (χ1) is 10.5. The second-order valence-electron chi connectivity index (χ2n) is 6.40. The summed E-state index contributed by atoms with van der Waals surface area (Å²) < 4.78 is 52.1. The van der Waals surface area contributed by atoms with Crippen molar-refractivity contribution in [3.63, 3.8) is 0 Å². The maximum atomic E-state index is 13.6. The fourth-order valence-corrected chi connectivity index (χ4v) is 2.45. The highest BCUT2D eigenvalue weighted by molar-refractivity contribution is 6.30. The van der Waals surface area contributed by atoms with Crippen molar-refractivity contribution >= 4 is 11.6 Å². The molecule has 1 heterocycles. The van der Waals surface area contributed by atoms with Crippen LogP contribution >= 0.6 is 11.6 Å². The molecular formula is C17H16ClF4N. The summed E-state index contributed by atoms with van der Waals surface area (Å²) in [5.74, 6) is -1.45. The normalized spacial score (nSPS) is 12.5. The Labute approximate surface area is 137 Å². The number of hydrogen-bond acceptors (Lipinski definition) is 1. The van der Waals surface area contributed by atoms with Crippen molar-refractivity contribution in [1.29, 1.82) is 0 Å². The predicted molar refractivity (Wildman–Crippen MR) is 82.2 cm³/mol. The number of aromatic nitrogens is 1. The summed E-state index contributed by atoms with van der Waals surface area (Å²) in [4.78, 5) is 4.17. The van der Waals surface area contributed by atoms with Crippen molar-refractivity contribution in [2.24, 2.45) is 0 Å². The van der Waals surface area contributed by atoms with E-state index in [0.717, 1.165) is 11.6 Å². The molecule has 0 spiro atoms. The molecule has 0 N–H and O–H groups in total. The standard InChI is InChI=1S/C17H16ClF4N/c1-16(2,3)11-4-5-23-12(9-11)6-10-7-13(17(20,21)22)15(19)14(18)8-10/h4-5,7-9H,6H2,1-3H3. The molecule has 0 saturated heterocycles. The zero-order valence-electron chi connectivity index (χ0n) is 12.9. The molecule has 1 aromatic heterocycles. The molecule has 23 heavy (non-hydrogen) atoms. The fraction of sp³-hybridized carbons (Fsp3) is 0.353. The van der Waals surface area contributed by atoms with Gasteiger partial charge < -0.3 is 0 Å². The van der Waals surface area contributed by atoms with Gasteiger partial charge in [0.05, 0.1) is 10.6 Å². The smallest absolute Gasteiger partial charge is 0.261 e. The number of pyridine rings is 1. The minimum Gasteiger partial charge on any atom is -0.261 e. The Balaban J connectivity index is 2.40. The van der Waals surface area contributed by atoms with Crippen LogP contribution in [-0.4, -0.2) is 4.98 Å². The van der Waals surface area contributed by atoms with E-state index in [0.29, 0.717) is 5.69 Å². The monoisotopic (exact) mass is 345 g/mol. The molecule has 0 aliphatic rings. The summed E-state index contributed by atoms with van der Waals surface area (Å²) >= 11 is 5.60. The average Bonchev–Trinajstić information content (AvgIpc) is 2.41. The zero-order chi connectivity index (χ0) is 17.4. The highest BCUT2D eigenvalue weighted by Gasteiger charge is 2.35. The van der Waals surface area contributed by atoms with Gasteiger partial charge in [0.2, 0.25) is 0 Å². The lowest BCUT2D eigenvalue weighted by Gasteiger charge is -2.19. The Hall–Kier alpha value is -1.62. The summed E-state index contributed by atoms with van der Waals surface area (Å²) in [6.07, 6.45) is -3.02. The van der Waals surface area contributed by atoms with Gasteiger partial charge in [0.1, 0.15) is 0 Å². The van der Waals surface area contributed by atoms with Crippen LogP contribution in [0.15, 0.2) is 30.5 Å². The van der Waals surface area contributed by atoms with Crippen LogP contribution in [0.25, 0.3) is 0 Å². The Bertz CT molecular complexity index is 718. The van der Waals surface area contributed by atoms with Crippen LogP contribution in [0.2, 0.25) is 5.02 Å². The van der Waals surface area contributed by atoms with Crippen molar-refractivity contribution < 1.29 is 17.6 Å². The molecule has 1 aromatic carbocycles. The maximum absolute atomic E-state index is 13.6. The highest BCUT2D eigenvalue weighted by Crippen LogP contribution is 2.35. The second kappa shape index (κ2) is 6.11. The van der Waals surface area contributed by atoms with Crippen LogP contribution < -0.4 is 0 Å². The first-order valence-corrected chi connectivity index (χ1v) is 7.37. The van der Waals surface area contributed by atoms with Gasteiger partial charge in [0, 0.05) is 18.3 Å². The van der Waals surface area contributed by atoms with Gasteiger partial charge in [-0.05, 0) is 40.8 Å². The largest absolute Gasteiger partial charge is 0.419 e. The molecule has 0 unspecified atom stereocenters. The van der Waals surface area contributed by atoms with Gasteiger partial charge in [0.25, 0.3) is 0 Å². The van der Waals surface area contributed by atoms with Crippen LogP contribution in [0.4, 0.5) is 17.6 Å². The fourth-order valence-electron chi connectivity index (χ4n) is 2.20. The third-order valence-electron chi connectivity index (χ3n) is 3.46. The molecule has 0 atom stereocenters. The van der Waals surface area contributed by atoms with E-state index in [1.165, 1.54) is 6.07 Å². The summed E-state index contributed by atoms with van der Waals surface area (Å²) in [5, 5.41) is -0.540. The lowest BCUT2D eigenvalue weighted by molar-refractivity contribution is -0.140. The second-order valence-corrected chi connectivity index (χ2v) is 6.81. The van der Waals surface area contributed by atoms with E-state index < -0.39 is 22.6 Å². The molecular weight excluding hydrogens is 330 g/mol. The number of rotatable bonds is 2. The van der Waals surface area contributed by atoms with Crippen molar-refractivity contribution in [2.45, 2.75) is 38.8 Å². The summed E-state index contributed by atoms with van der Waals surface area (Å²) in [6.45, 7) is 6.09. The zero-order valence-corrected chi connectivity index (χ0v) is 13.7. The van der Waals surface area contributed by atoms with E-state index in [-0.39, 0.29) is 17.4 Å². The van der Waals surface area contributed by atoms with Gasteiger partial charge in [-0.1, -0.05) is 32.4 Å². The van der Waals surface area contributed by atoms with E-state index in [9.17, 15) is 17.6 Å². The highest BCUT2D eigenvalue weighted by atomic mass is 35.5. The van der Waals surface area contributed by atoms with E-state index in [1.54, 1.807) is 6.20 Å². The minimum absolute atomic E-state index is 0.102. The number of benzene rings is 1. The third-order valence-corrected chi connectivity index (χ3v) is 3.74. The van der Waals surface area contributed by atoms with E-state index >= 15 is 0 Å². The van der Waals surface area contributed by atoms with Gasteiger partial charge in [-0.3, -0.25) is 4.98 Å². The molecule has 0 fully saturated rings. The van der Waals surface area contributed by atoms with Gasteiger partial charge in [0.15, 0.2) is 5.82 Å². The molecule has 0 radical (unpaired) electrons. The van der Waals surface area contributed by atoms with E-state index in [1.807, 2.05) is 32.9 Å². The van der Waals surface area contributed by atoms with Crippen LogP contribution in [-0.2, 0) is 18.0 Å². The van der Waals surface area contributed by atoms with Crippen molar-refractivity contribution in [3.8, 4) is 0 Å². The minimum atomic E-state index is -4.79. The van der Waals surface area contributed by atoms with Gasteiger partial charge in [-0.2, -0.15) is 13.2 Å². The Morgan fingerprint density at radius 1 is 1.09 bits per heavy atom. The summed E-state index contributed by atoms with van der Waals surface area (Å²) in [6, 6.07) is 5.69. The van der Waals surface area contributed by atoms with E-state index in [4.69, 9.17) is 11.6 Å². The van der Waals surface area contributed by atoms with Crippen molar-refractivity contribution in [3.05, 3.63) is 63.7 Å². The van der Waals surface area contributed by atoms with Crippen LogP contribution in [0.3, 0.4) is 0 Å². The van der Waals surface area contributed by atoms with E-state index in [2.05, 4.69) is 4.98 Å². The number of nitrogens with zero attached hydrogens (tertiary/aromatic N) is 1. The summed E-state index contributed by atoms with van der Waals surface area (Å²) in [5.41, 5.74) is 0.434. The topological polar surface area (TPSA) is 12.9 Å². The maximum Gasteiger partial charge on any atom is 0.419 e. The Kier molecular flexibility index (Phi) is 4.71. The molecule has 0 saturated carbocycles. The van der Waals surface area contributed by atoms with Gasteiger partial charge in [-0.15, -0.1) is 0 Å². The van der Waals surface area contributed by atoms with Crippen LogP contribution in [0.1, 0.15) is 43.2 Å². The molecule has 2 rings (SSSR count). The lowest BCUT2D eigenvalue weighted by Crippen LogP contribution is -2.12. The Morgan fingerprint density at radius 2 is 1.74 bits per heavy atom. The molecule has 0 aliphatic carbocycles. The predicted octanol–water partition coefficient (Wildman–Crippen LogP) is 5.78. The molecule has 6 heteroatoms. The number of halogens is 5. The first-order valence-electron chi connectivity index (χ1n) is 6.99. The van der Waals surface area contributed by atoms with Crippen molar-refractivity contribution in [2.75, 3.05) is 0 Å². The Morgan fingerprint density at radius 3 is 2.30 bits per heavy atom. The molecule has 0 amide bonds. The van der Waals surface area contributed by atoms with Crippen LogP contribution in [0, 0.1) is 5.82 Å². The lowest BCUT2D eigenvalue weighted by atomic mass is 9.87. The number of alkyl halides is 3. The molecule has 2 aromatic rings. The first kappa shape index (κ1) is 17.7. The van der Waals surface area contributed by atoms with Crippen LogP contribution in [0.5, 0.6) is 0 Å². The number of hydrogen-bond donors (Lipinski definition) is 0. The molecule has 1 nitrogen and oxygen atoms in total. The van der Waals surface area contributed by atoms with Gasteiger partial charge >= 0.3 is 6.18 Å². The SMILES string of the molecule is CC(C)(C)c1ccnc(Cc2cc(Cl)c(F)c(C(F)(F)F)c2)c1. The molecule has 0 aliphatic heterocycles. The van der Waals surface area contributed by atoms with Crippen molar-refractivity contribution in [1.82, 2.24) is 4.98 Å². The quantitative estimate of drug-likeness (QED) is 0.628. The summed E-state index contributed by atoms with van der Waals surface area (Å²) in [7, 11) is 0. The third kappa shape index (κ3) is 4.22. The molecule has 124 valence electrons. The molecule has 0 bridgehead atoms. The van der Waals surface area contributed by atoms with Gasteiger partial charge in [-0.25, -0.2) is 4.39 Å². The average molecular weight is 346 g/mol.